The minimum Gasteiger partial charge on any atom is -0.379 e. The van der Waals surface area contributed by atoms with Gasteiger partial charge in [0.25, 0.3) is 0 Å². The number of carbonyl (C=O) groups is 1. The molecule has 0 aromatic carbocycles. The van der Waals surface area contributed by atoms with Crippen LogP contribution in [0.1, 0.15) is 20.7 Å². The zero-order valence-electron chi connectivity index (χ0n) is 7.21. The van der Waals surface area contributed by atoms with Gasteiger partial charge in [0.05, 0.1) is 4.88 Å². The van der Waals surface area contributed by atoms with E-state index in [1.165, 1.54) is 22.7 Å². The van der Waals surface area contributed by atoms with Gasteiger partial charge in [-0.05, 0) is 22.9 Å². The van der Waals surface area contributed by atoms with E-state index in [4.69, 9.17) is 0 Å². The quantitative estimate of drug-likeness (QED) is 0.814. The Morgan fingerprint density at radius 2 is 1.93 bits per heavy atom. The van der Waals surface area contributed by atoms with Crippen LogP contribution in [0.4, 0.5) is 0 Å². The van der Waals surface area contributed by atoms with Gasteiger partial charge in [0.1, 0.15) is 0 Å². The molecule has 0 unspecified atom stereocenters. The topological polar surface area (TPSA) is 37.3 Å². The van der Waals surface area contributed by atoms with Crippen LogP contribution in [0, 0.1) is 0 Å². The van der Waals surface area contributed by atoms with Crippen molar-refractivity contribution in [2.24, 2.45) is 0 Å². The number of aliphatic hydroxyl groups is 1. The molecule has 4 heteroatoms. The van der Waals surface area contributed by atoms with Crippen LogP contribution in [0.3, 0.4) is 0 Å². The molecule has 0 radical (unpaired) electrons. The standard InChI is InChI=1S/C10H8O2S2/c11-9(7-3-1-5-13-7)10(12)8-4-2-6-14-8/h1-6,9,11H/t9-/m0/s1. The molecular weight excluding hydrogens is 216 g/mol. The van der Waals surface area contributed by atoms with Crippen molar-refractivity contribution in [1.29, 1.82) is 0 Å². The highest BCUT2D eigenvalue weighted by atomic mass is 32.1. The third kappa shape index (κ3) is 1.77. The SMILES string of the molecule is O=C(c1cccs1)[C@@H](O)c1cccs1. The van der Waals surface area contributed by atoms with Crippen LogP contribution in [-0.2, 0) is 0 Å². The first-order chi connectivity index (χ1) is 6.79. The van der Waals surface area contributed by atoms with Crippen LogP contribution in [0.2, 0.25) is 0 Å². The minimum absolute atomic E-state index is 0.220. The second kappa shape index (κ2) is 4.04. The van der Waals surface area contributed by atoms with Crippen LogP contribution in [0.5, 0.6) is 0 Å². The molecule has 2 nitrogen and oxygen atoms in total. The number of aliphatic hydroxyl groups excluding tert-OH is 1. The van der Waals surface area contributed by atoms with E-state index >= 15 is 0 Å². The maximum absolute atomic E-state index is 11.7. The Labute approximate surface area is 89.5 Å². The minimum atomic E-state index is -1.01. The molecule has 2 rings (SSSR count). The van der Waals surface area contributed by atoms with E-state index < -0.39 is 6.10 Å². The first kappa shape index (κ1) is 9.58. The van der Waals surface area contributed by atoms with Gasteiger partial charge in [-0.3, -0.25) is 4.79 Å². The van der Waals surface area contributed by atoms with Gasteiger partial charge < -0.3 is 5.11 Å². The molecule has 0 spiro atoms. The summed E-state index contributed by atoms with van der Waals surface area (Å²) < 4.78 is 0. The summed E-state index contributed by atoms with van der Waals surface area (Å²) >= 11 is 2.74. The van der Waals surface area contributed by atoms with Crippen molar-refractivity contribution < 1.29 is 9.90 Å². The molecule has 72 valence electrons. The average Bonchev–Trinajstić information content (AvgIpc) is 2.87. The molecule has 1 N–H and O–H groups in total. The van der Waals surface area contributed by atoms with Gasteiger partial charge in [0.15, 0.2) is 6.10 Å². The molecule has 2 aromatic rings. The highest BCUT2D eigenvalue weighted by Gasteiger charge is 2.20. The Balaban J connectivity index is 2.21. The van der Waals surface area contributed by atoms with Crippen molar-refractivity contribution in [2.75, 3.05) is 0 Å². The van der Waals surface area contributed by atoms with Crippen molar-refractivity contribution in [1.82, 2.24) is 0 Å². The lowest BCUT2D eigenvalue weighted by Crippen LogP contribution is -2.09. The average molecular weight is 224 g/mol. The van der Waals surface area contributed by atoms with Gasteiger partial charge >= 0.3 is 0 Å². The van der Waals surface area contributed by atoms with Crippen molar-refractivity contribution in [3.8, 4) is 0 Å². The second-order valence-electron chi connectivity index (χ2n) is 2.76. The number of ketones is 1. The van der Waals surface area contributed by atoms with Crippen LogP contribution < -0.4 is 0 Å². The molecule has 0 amide bonds. The molecule has 1 atom stereocenters. The number of Topliss-reactive ketones (excluding diaryl/α,β-unsaturated/α-hetero) is 1. The zero-order valence-corrected chi connectivity index (χ0v) is 8.85. The Bertz CT molecular complexity index is 403. The molecular formula is C10H8O2S2. The Hall–Kier alpha value is -0.970. The monoisotopic (exact) mass is 224 g/mol. The van der Waals surface area contributed by atoms with Crippen LogP contribution >= 0.6 is 22.7 Å². The van der Waals surface area contributed by atoms with Gasteiger partial charge in [0, 0.05) is 4.88 Å². The largest absolute Gasteiger partial charge is 0.379 e. The lowest BCUT2D eigenvalue weighted by molar-refractivity contribution is 0.0758. The lowest BCUT2D eigenvalue weighted by Gasteiger charge is -2.04. The summed E-state index contributed by atoms with van der Waals surface area (Å²) in [7, 11) is 0. The number of thiophene rings is 2. The van der Waals surface area contributed by atoms with Gasteiger partial charge in [-0.15, -0.1) is 22.7 Å². The highest BCUT2D eigenvalue weighted by molar-refractivity contribution is 7.12. The second-order valence-corrected chi connectivity index (χ2v) is 4.69. The van der Waals surface area contributed by atoms with Crippen molar-refractivity contribution in [3.63, 3.8) is 0 Å². The zero-order chi connectivity index (χ0) is 9.97. The van der Waals surface area contributed by atoms with Crippen LogP contribution in [-0.4, -0.2) is 10.9 Å². The van der Waals surface area contributed by atoms with Gasteiger partial charge in [-0.2, -0.15) is 0 Å². The molecule has 0 bridgehead atoms. The first-order valence-corrected chi connectivity index (χ1v) is 5.84. The predicted octanol–water partition coefficient (Wildman–Crippen LogP) is 2.73. The number of carbonyl (C=O) groups excluding carboxylic acids is 1. The normalized spacial score (nSPS) is 12.6. The van der Waals surface area contributed by atoms with Gasteiger partial charge in [-0.25, -0.2) is 0 Å². The maximum Gasteiger partial charge on any atom is 0.206 e. The molecule has 0 aliphatic heterocycles. The fourth-order valence-corrected chi connectivity index (χ4v) is 2.53. The lowest BCUT2D eigenvalue weighted by atomic mass is 10.2. The van der Waals surface area contributed by atoms with E-state index in [-0.39, 0.29) is 5.78 Å². The first-order valence-electron chi connectivity index (χ1n) is 4.08. The van der Waals surface area contributed by atoms with Gasteiger partial charge in [-0.1, -0.05) is 12.1 Å². The van der Waals surface area contributed by atoms with E-state index in [1.54, 1.807) is 18.2 Å². The summed E-state index contributed by atoms with van der Waals surface area (Å²) in [4.78, 5) is 13.0. The Morgan fingerprint density at radius 3 is 2.50 bits per heavy atom. The molecule has 0 fully saturated rings. The number of rotatable bonds is 3. The molecule has 0 saturated heterocycles. The molecule has 0 aliphatic rings. The van der Waals surface area contributed by atoms with Gasteiger partial charge in [0.2, 0.25) is 5.78 Å². The van der Waals surface area contributed by atoms with E-state index in [0.717, 1.165) is 0 Å². The Morgan fingerprint density at radius 1 is 1.21 bits per heavy atom. The number of hydrogen-bond donors (Lipinski definition) is 1. The fraction of sp³-hybridized carbons (Fsp3) is 0.100. The summed E-state index contributed by atoms with van der Waals surface area (Å²) in [5.41, 5.74) is 0. The molecule has 0 saturated carbocycles. The third-order valence-electron chi connectivity index (χ3n) is 1.83. The molecule has 2 heterocycles. The summed E-state index contributed by atoms with van der Waals surface area (Å²) in [5.74, 6) is -0.220. The van der Waals surface area contributed by atoms with Crippen molar-refractivity contribution in [3.05, 3.63) is 44.8 Å². The smallest absolute Gasteiger partial charge is 0.206 e. The summed E-state index contributed by atoms with van der Waals surface area (Å²) in [6, 6.07) is 7.12. The number of hydrogen-bond acceptors (Lipinski definition) is 4. The molecule has 2 aromatic heterocycles. The third-order valence-corrected chi connectivity index (χ3v) is 3.63. The maximum atomic E-state index is 11.7. The fourth-order valence-electron chi connectivity index (χ4n) is 1.13. The predicted molar refractivity (Wildman–Crippen MR) is 57.9 cm³/mol. The summed E-state index contributed by atoms with van der Waals surface area (Å²) in [5, 5.41) is 13.4. The molecule has 14 heavy (non-hydrogen) atoms. The summed E-state index contributed by atoms with van der Waals surface area (Å²) in [6.07, 6.45) is -1.01. The molecule has 0 aliphatic carbocycles. The van der Waals surface area contributed by atoms with E-state index in [1.807, 2.05) is 16.8 Å². The van der Waals surface area contributed by atoms with Crippen molar-refractivity contribution in [2.45, 2.75) is 6.10 Å². The van der Waals surface area contributed by atoms with E-state index in [2.05, 4.69) is 0 Å². The van der Waals surface area contributed by atoms with Crippen molar-refractivity contribution >= 4 is 28.5 Å². The van der Waals surface area contributed by atoms with E-state index in [9.17, 15) is 9.90 Å². The summed E-state index contributed by atoms with van der Waals surface area (Å²) in [6.45, 7) is 0. The van der Waals surface area contributed by atoms with Crippen LogP contribution in [0.25, 0.3) is 0 Å². The Kier molecular flexibility index (Phi) is 2.77. The van der Waals surface area contributed by atoms with Crippen LogP contribution in [0.15, 0.2) is 35.0 Å². The van der Waals surface area contributed by atoms with E-state index in [0.29, 0.717) is 9.75 Å². The highest BCUT2D eigenvalue weighted by Crippen LogP contribution is 2.24.